The Balaban J connectivity index is 2.23. The number of alkyl carbamates (subject to hydrolysis) is 1. The minimum absolute atomic E-state index is 0.0473. The Bertz CT molecular complexity index is 1230. The second-order valence-electron chi connectivity index (χ2n) is 17.0. The number of benzene rings is 1. The van der Waals surface area contributed by atoms with Crippen molar-refractivity contribution in [3.05, 3.63) is 35.9 Å². The zero-order valence-electron chi connectivity index (χ0n) is 37.6. The number of nitrogens with zero attached hydrogens (tertiary/aromatic N) is 1. The predicted octanol–water partition coefficient (Wildman–Crippen LogP) is 10.7. The Morgan fingerprint density at radius 2 is 1.10 bits per heavy atom. The van der Waals surface area contributed by atoms with E-state index in [4.69, 9.17) is 23.3 Å². The smallest absolute Gasteiger partial charge is 0.407 e. The van der Waals surface area contributed by atoms with Gasteiger partial charge in [-0.05, 0) is 24.8 Å². The summed E-state index contributed by atoms with van der Waals surface area (Å²) in [6.07, 6.45) is 26.4. The van der Waals surface area contributed by atoms with E-state index < -0.39 is 38.6 Å². The molecule has 0 bridgehead atoms. The number of unbranched alkanes of at least 4 members (excludes halogenated alkanes) is 22. The first-order valence-electron chi connectivity index (χ1n) is 23.1. The summed E-state index contributed by atoms with van der Waals surface area (Å²) < 4.78 is 39.1. The Labute approximate surface area is 358 Å². The van der Waals surface area contributed by atoms with Crippen LogP contribution in [0.25, 0.3) is 0 Å². The molecule has 0 saturated carbocycles. The Morgan fingerprint density at radius 3 is 1.61 bits per heavy atom. The van der Waals surface area contributed by atoms with Crippen LogP contribution in [0.3, 0.4) is 0 Å². The second-order valence-corrected chi connectivity index (χ2v) is 18.4. The molecule has 0 radical (unpaired) electrons. The highest BCUT2D eigenvalue weighted by atomic mass is 31.2. The van der Waals surface area contributed by atoms with Crippen molar-refractivity contribution in [2.45, 2.75) is 187 Å². The number of phosphoric ester groups is 1. The Morgan fingerprint density at radius 1 is 0.627 bits per heavy atom. The first-order valence-corrected chi connectivity index (χ1v) is 24.6. The van der Waals surface area contributed by atoms with Crippen LogP contribution in [0.15, 0.2) is 30.3 Å². The molecule has 0 aromatic heterocycles. The summed E-state index contributed by atoms with van der Waals surface area (Å²) in [5.41, 5.74) is 0.958. The van der Waals surface area contributed by atoms with Crippen molar-refractivity contribution in [2.75, 3.05) is 54.1 Å². The van der Waals surface area contributed by atoms with E-state index in [2.05, 4.69) is 12.2 Å². The monoisotopic (exact) mass is 855 g/mol. The van der Waals surface area contributed by atoms with Crippen LogP contribution in [0.5, 0.6) is 0 Å². The predicted molar refractivity (Wildman–Crippen MR) is 234 cm³/mol. The minimum Gasteiger partial charge on any atom is -0.756 e. The van der Waals surface area contributed by atoms with E-state index in [9.17, 15) is 23.8 Å². The molecule has 0 aliphatic heterocycles. The highest BCUT2D eigenvalue weighted by Gasteiger charge is 2.21. The van der Waals surface area contributed by atoms with E-state index >= 15 is 0 Å². The van der Waals surface area contributed by atoms with Crippen LogP contribution in [0, 0.1) is 0 Å². The summed E-state index contributed by atoms with van der Waals surface area (Å²) in [6, 6.07) is 9.59. The zero-order chi connectivity index (χ0) is 43.3. The van der Waals surface area contributed by atoms with Crippen LogP contribution < -0.4 is 10.2 Å². The van der Waals surface area contributed by atoms with Crippen molar-refractivity contribution >= 4 is 25.9 Å². The fraction of sp³-hybridized carbons (Fsp3) is 0.804. The second kappa shape index (κ2) is 36.2. The fourth-order valence-electron chi connectivity index (χ4n) is 6.49. The van der Waals surface area contributed by atoms with Gasteiger partial charge in [0.1, 0.15) is 26.4 Å². The number of hydrogen-bond acceptors (Lipinski definition) is 10. The van der Waals surface area contributed by atoms with Crippen molar-refractivity contribution < 1.29 is 51.6 Å². The van der Waals surface area contributed by atoms with Gasteiger partial charge in [-0.25, -0.2) is 4.79 Å². The quantitative estimate of drug-likeness (QED) is 0.0222. The van der Waals surface area contributed by atoms with E-state index in [1.807, 2.05) is 51.5 Å². The van der Waals surface area contributed by atoms with Crippen molar-refractivity contribution in [1.82, 2.24) is 5.32 Å². The van der Waals surface area contributed by atoms with Gasteiger partial charge in [0, 0.05) is 19.4 Å². The van der Waals surface area contributed by atoms with Gasteiger partial charge in [0.15, 0.2) is 6.10 Å². The molecular weight excluding hydrogens is 771 g/mol. The van der Waals surface area contributed by atoms with Crippen LogP contribution in [0.2, 0.25) is 0 Å². The van der Waals surface area contributed by atoms with Gasteiger partial charge in [-0.15, -0.1) is 0 Å². The molecule has 0 spiro atoms. The molecule has 1 aromatic carbocycles. The summed E-state index contributed by atoms with van der Waals surface area (Å²) in [7, 11) is 1.11. The van der Waals surface area contributed by atoms with E-state index in [-0.39, 0.29) is 32.7 Å². The average Bonchev–Trinajstić information content (AvgIpc) is 3.19. The molecule has 1 rings (SSSR count). The fourth-order valence-corrected chi connectivity index (χ4v) is 7.22. The summed E-state index contributed by atoms with van der Waals surface area (Å²) in [6.45, 7) is 2.76. The number of esters is 2. The summed E-state index contributed by atoms with van der Waals surface area (Å²) in [5, 5.41) is 2.80. The van der Waals surface area contributed by atoms with Crippen LogP contribution in [0.1, 0.15) is 179 Å². The first-order chi connectivity index (χ1) is 28.4. The molecule has 2 atom stereocenters. The van der Waals surface area contributed by atoms with E-state index in [0.29, 0.717) is 24.0 Å². The van der Waals surface area contributed by atoms with Crippen molar-refractivity contribution in [1.29, 1.82) is 0 Å². The third kappa shape index (κ3) is 37.0. The molecule has 1 amide bonds. The van der Waals surface area contributed by atoms with Crippen LogP contribution in [-0.2, 0) is 44.0 Å². The molecule has 1 N–H and O–H groups in total. The standard InChI is InChI=1S/C46H83N2O10P/c1-5-6-7-8-9-10-11-12-13-14-15-17-20-23-29-34-44(49)54-40-43(41-57-59(52,53)56-38-37-48(2,3)4)58-45(50)35-30-24-21-18-16-19-22-25-31-36-47-46(51)55-39-42-32-27-26-28-33-42/h26-28,32-33,43H,5-25,29-31,34-41H2,1-4H3,(H-,47,51,52,53)/t43-/m1/s1. The number of ether oxygens (including phenoxy) is 3. The maximum atomic E-state index is 12.7. The van der Waals surface area contributed by atoms with Gasteiger partial charge in [0.05, 0.1) is 27.7 Å². The lowest BCUT2D eigenvalue weighted by Gasteiger charge is -2.28. The number of carbonyl (C=O) groups is 3. The molecule has 1 aromatic rings. The number of phosphoric acid groups is 1. The van der Waals surface area contributed by atoms with Crippen molar-refractivity contribution in [2.24, 2.45) is 0 Å². The van der Waals surface area contributed by atoms with Gasteiger partial charge in [-0.1, -0.05) is 172 Å². The first kappa shape index (κ1) is 54.5. The largest absolute Gasteiger partial charge is 0.756 e. The van der Waals surface area contributed by atoms with E-state index in [1.165, 1.54) is 77.0 Å². The number of hydrogen-bond donors (Lipinski definition) is 1. The lowest BCUT2D eigenvalue weighted by molar-refractivity contribution is -0.870. The molecule has 1 unspecified atom stereocenters. The van der Waals surface area contributed by atoms with Gasteiger partial charge < -0.3 is 38.0 Å². The van der Waals surface area contributed by atoms with Gasteiger partial charge >= 0.3 is 18.0 Å². The molecule has 59 heavy (non-hydrogen) atoms. The molecule has 0 aliphatic rings. The van der Waals surface area contributed by atoms with Crippen LogP contribution in [0.4, 0.5) is 4.79 Å². The molecule has 0 saturated heterocycles. The van der Waals surface area contributed by atoms with Crippen LogP contribution >= 0.6 is 7.82 Å². The average molecular weight is 855 g/mol. The Hall–Kier alpha value is -2.50. The SMILES string of the molecule is CCCCCCCCCCCCCCCCCC(=O)OC[C@H](COP(=O)([O-])OCC[N+](C)(C)C)OC(=O)CCCCCCCCCCCNC(=O)OCc1ccccc1. The molecule has 12 nitrogen and oxygen atoms in total. The lowest BCUT2D eigenvalue weighted by Crippen LogP contribution is -2.37. The van der Waals surface area contributed by atoms with Gasteiger partial charge in [0.2, 0.25) is 0 Å². The third-order valence-electron chi connectivity index (χ3n) is 10.2. The molecule has 13 heteroatoms. The molecular formula is C46H83N2O10P. The summed E-state index contributed by atoms with van der Waals surface area (Å²) in [4.78, 5) is 49.5. The number of quaternary nitrogens is 1. The summed E-state index contributed by atoms with van der Waals surface area (Å²) in [5.74, 6) is -0.887. The normalized spacial score (nSPS) is 13.1. The zero-order valence-corrected chi connectivity index (χ0v) is 38.5. The van der Waals surface area contributed by atoms with E-state index in [0.717, 1.165) is 76.2 Å². The topological polar surface area (TPSA) is 150 Å². The Kier molecular flexibility index (Phi) is 33.4. The third-order valence-corrected chi connectivity index (χ3v) is 11.1. The highest BCUT2D eigenvalue weighted by Crippen LogP contribution is 2.38. The van der Waals surface area contributed by atoms with Gasteiger partial charge in [0.25, 0.3) is 7.82 Å². The van der Waals surface area contributed by atoms with E-state index in [1.54, 1.807) is 0 Å². The number of carbonyl (C=O) groups excluding carboxylic acids is 3. The maximum absolute atomic E-state index is 12.7. The van der Waals surface area contributed by atoms with Gasteiger partial charge in [-0.3, -0.25) is 14.2 Å². The van der Waals surface area contributed by atoms with Crippen LogP contribution in [-0.4, -0.2) is 82.7 Å². The summed E-state index contributed by atoms with van der Waals surface area (Å²) >= 11 is 0. The molecule has 0 heterocycles. The molecule has 0 fully saturated rings. The lowest BCUT2D eigenvalue weighted by atomic mass is 10.0. The highest BCUT2D eigenvalue weighted by molar-refractivity contribution is 7.45. The van der Waals surface area contributed by atoms with Crippen molar-refractivity contribution in [3.8, 4) is 0 Å². The molecule has 342 valence electrons. The number of rotatable bonds is 40. The van der Waals surface area contributed by atoms with Crippen molar-refractivity contribution in [3.63, 3.8) is 0 Å². The minimum atomic E-state index is -4.65. The maximum Gasteiger partial charge on any atom is 0.407 e. The number of nitrogens with one attached hydrogen (secondary N) is 1. The molecule has 0 aliphatic carbocycles. The van der Waals surface area contributed by atoms with Gasteiger partial charge in [-0.2, -0.15) is 0 Å². The number of amides is 1. The number of likely N-dealkylation sites (N-methyl/N-ethyl adjacent to an activating group) is 1.